The van der Waals surface area contributed by atoms with Crippen molar-refractivity contribution >= 4 is 23.5 Å². The molecule has 1 fully saturated rings. The summed E-state index contributed by atoms with van der Waals surface area (Å²) < 4.78 is 0. The molecule has 1 rings (SSSR count). The SMILES string of the molecule is NC(=O)C(=O)C(CC1CCC1)NCl. The predicted octanol–water partition coefficient (Wildman–Crippen LogP) is 0.343. The fourth-order valence-electron chi connectivity index (χ4n) is 1.43. The lowest BCUT2D eigenvalue weighted by molar-refractivity contribution is -0.137. The fraction of sp³-hybridized carbons (Fsp3) is 0.750. The van der Waals surface area contributed by atoms with E-state index in [1.165, 1.54) is 6.42 Å². The first-order chi connectivity index (χ1) is 6.15. The van der Waals surface area contributed by atoms with Crippen molar-refractivity contribution in [1.82, 2.24) is 4.84 Å². The van der Waals surface area contributed by atoms with Crippen LogP contribution in [0.4, 0.5) is 0 Å². The second kappa shape index (κ2) is 4.58. The summed E-state index contributed by atoms with van der Waals surface area (Å²) in [5.74, 6) is -1.03. The van der Waals surface area contributed by atoms with Crippen molar-refractivity contribution < 1.29 is 9.59 Å². The van der Waals surface area contributed by atoms with Gasteiger partial charge in [0.15, 0.2) is 0 Å². The standard InChI is InChI=1S/C8H13ClN2O2/c9-11-6(7(12)8(10)13)4-5-2-1-3-5/h5-6,11H,1-4H2,(H2,10,13). The molecule has 3 N–H and O–H groups in total. The lowest BCUT2D eigenvalue weighted by Crippen LogP contribution is -2.41. The maximum atomic E-state index is 11.1. The number of nitrogens with two attached hydrogens (primary N) is 1. The van der Waals surface area contributed by atoms with Crippen LogP contribution in [0.25, 0.3) is 0 Å². The van der Waals surface area contributed by atoms with Crippen LogP contribution in [0.15, 0.2) is 0 Å². The molecule has 0 saturated heterocycles. The van der Waals surface area contributed by atoms with E-state index in [0.717, 1.165) is 12.8 Å². The van der Waals surface area contributed by atoms with Gasteiger partial charge in [0.25, 0.3) is 5.91 Å². The molecule has 1 saturated carbocycles. The molecule has 1 aliphatic rings. The minimum atomic E-state index is -0.919. The highest BCUT2D eigenvalue weighted by molar-refractivity contribution is 6.38. The summed E-state index contributed by atoms with van der Waals surface area (Å²) in [6, 6.07) is -0.607. The number of hydrogen-bond donors (Lipinski definition) is 2. The summed E-state index contributed by atoms with van der Waals surface area (Å²) >= 11 is 5.35. The Bertz CT molecular complexity index is 216. The smallest absolute Gasteiger partial charge is 0.286 e. The van der Waals surface area contributed by atoms with Gasteiger partial charge < -0.3 is 5.73 Å². The Balaban J connectivity index is 2.41. The van der Waals surface area contributed by atoms with Gasteiger partial charge in [-0.2, -0.15) is 0 Å². The second-order valence-electron chi connectivity index (χ2n) is 3.42. The molecule has 1 aliphatic carbocycles. The maximum Gasteiger partial charge on any atom is 0.286 e. The van der Waals surface area contributed by atoms with Gasteiger partial charge in [-0.15, -0.1) is 0 Å². The van der Waals surface area contributed by atoms with Gasteiger partial charge in [0.1, 0.15) is 0 Å². The monoisotopic (exact) mass is 204 g/mol. The zero-order chi connectivity index (χ0) is 9.84. The quantitative estimate of drug-likeness (QED) is 0.501. The Morgan fingerprint density at radius 1 is 1.54 bits per heavy atom. The molecule has 1 amide bonds. The first-order valence-electron chi connectivity index (χ1n) is 4.35. The Morgan fingerprint density at radius 2 is 2.15 bits per heavy atom. The van der Waals surface area contributed by atoms with E-state index in [9.17, 15) is 9.59 Å². The molecule has 0 heterocycles. The molecule has 0 aromatic rings. The number of rotatable bonds is 5. The van der Waals surface area contributed by atoms with E-state index in [2.05, 4.69) is 4.84 Å². The fourth-order valence-corrected chi connectivity index (χ4v) is 1.62. The van der Waals surface area contributed by atoms with Crippen LogP contribution >= 0.6 is 11.8 Å². The van der Waals surface area contributed by atoms with Gasteiger partial charge in [0, 0.05) is 0 Å². The Kier molecular flexibility index (Phi) is 3.69. The summed E-state index contributed by atoms with van der Waals surface area (Å²) in [6.07, 6.45) is 4.04. The van der Waals surface area contributed by atoms with Gasteiger partial charge in [0.2, 0.25) is 5.78 Å². The van der Waals surface area contributed by atoms with Crippen LogP contribution in [-0.2, 0) is 9.59 Å². The molecule has 13 heavy (non-hydrogen) atoms. The van der Waals surface area contributed by atoms with Crippen molar-refractivity contribution in [1.29, 1.82) is 0 Å². The highest BCUT2D eigenvalue weighted by Gasteiger charge is 2.28. The van der Waals surface area contributed by atoms with E-state index >= 15 is 0 Å². The first kappa shape index (κ1) is 10.5. The lowest BCUT2D eigenvalue weighted by atomic mass is 9.80. The van der Waals surface area contributed by atoms with Crippen LogP contribution in [0.3, 0.4) is 0 Å². The van der Waals surface area contributed by atoms with Crippen molar-refractivity contribution in [2.24, 2.45) is 11.7 Å². The molecule has 4 nitrogen and oxygen atoms in total. The first-order valence-corrected chi connectivity index (χ1v) is 4.72. The van der Waals surface area contributed by atoms with E-state index in [0.29, 0.717) is 12.3 Å². The van der Waals surface area contributed by atoms with E-state index in [-0.39, 0.29) is 0 Å². The van der Waals surface area contributed by atoms with Gasteiger partial charge in [-0.05, 0) is 24.1 Å². The molecule has 0 aromatic carbocycles. The molecule has 0 spiro atoms. The topological polar surface area (TPSA) is 72.2 Å². The molecule has 0 radical (unpaired) electrons. The molecule has 0 aromatic heterocycles. The number of halogens is 1. The van der Waals surface area contributed by atoms with Crippen molar-refractivity contribution in [2.45, 2.75) is 31.7 Å². The molecule has 5 heteroatoms. The van der Waals surface area contributed by atoms with E-state index in [1.54, 1.807) is 0 Å². The van der Waals surface area contributed by atoms with E-state index < -0.39 is 17.7 Å². The van der Waals surface area contributed by atoms with Crippen LogP contribution in [0.1, 0.15) is 25.7 Å². The number of nitrogens with one attached hydrogen (secondary N) is 1. The third kappa shape index (κ3) is 2.67. The number of carbonyl (C=O) groups is 2. The normalized spacial score (nSPS) is 19.2. The van der Waals surface area contributed by atoms with E-state index in [1.807, 2.05) is 0 Å². The Morgan fingerprint density at radius 3 is 2.46 bits per heavy atom. The second-order valence-corrected chi connectivity index (χ2v) is 3.64. The maximum absolute atomic E-state index is 11.1. The third-order valence-corrected chi connectivity index (χ3v) is 2.75. The Labute approximate surface area is 81.9 Å². The van der Waals surface area contributed by atoms with Gasteiger partial charge in [-0.3, -0.25) is 9.59 Å². The van der Waals surface area contributed by atoms with Crippen molar-refractivity contribution in [3.05, 3.63) is 0 Å². The number of carbonyl (C=O) groups excluding carboxylic acids is 2. The summed E-state index contributed by atoms with van der Waals surface area (Å²) in [5.41, 5.74) is 4.86. The zero-order valence-corrected chi connectivity index (χ0v) is 8.01. The average molecular weight is 205 g/mol. The largest absolute Gasteiger partial charge is 0.363 e. The third-order valence-electron chi connectivity index (χ3n) is 2.48. The average Bonchev–Trinajstić information content (AvgIpc) is 2.02. The number of Topliss-reactive ketones (excluding diaryl/α,β-unsaturated/α-hetero) is 1. The molecule has 1 unspecified atom stereocenters. The molecule has 0 aliphatic heterocycles. The molecular weight excluding hydrogens is 192 g/mol. The summed E-state index contributed by atoms with van der Waals surface area (Å²) in [6.45, 7) is 0. The molecule has 74 valence electrons. The van der Waals surface area contributed by atoms with Gasteiger partial charge in [0.05, 0.1) is 6.04 Å². The number of hydrogen-bond acceptors (Lipinski definition) is 3. The summed E-state index contributed by atoms with van der Waals surface area (Å²) in [4.78, 5) is 24.0. The van der Waals surface area contributed by atoms with Crippen LogP contribution in [0.5, 0.6) is 0 Å². The highest BCUT2D eigenvalue weighted by atomic mass is 35.5. The van der Waals surface area contributed by atoms with Crippen molar-refractivity contribution in [2.75, 3.05) is 0 Å². The minimum Gasteiger partial charge on any atom is -0.363 e. The van der Waals surface area contributed by atoms with Gasteiger partial charge in [-0.25, -0.2) is 4.84 Å². The number of amides is 1. The van der Waals surface area contributed by atoms with Crippen LogP contribution < -0.4 is 10.6 Å². The number of ketones is 1. The van der Waals surface area contributed by atoms with Crippen molar-refractivity contribution in [3.8, 4) is 0 Å². The lowest BCUT2D eigenvalue weighted by Gasteiger charge is -2.27. The zero-order valence-electron chi connectivity index (χ0n) is 7.25. The number of primary amides is 1. The molecule has 0 bridgehead atoms. The van der Waals surface area contributed by atoms with Crippen LogP contribution in [0.2, 0.25) is 0 Å². The molecular formula is C8H13ClN2O2. The van der Waals surface area contributed by atoms with Crippen LogP contribution in [-0.4, -0.2) is 17.7 Å². The van der Waals surface area contributed by atoms with Gasteiger partial charge >= 0.3 is 0 Å². The predicted molar refractivity (Wildman–Crippen MR) is 48.9 cm³/mol. The van der Waals surface area contributed by atoms with Crippen LogP contribution in [0, 0.1) is 5.92 Å². The molecule has 1 atom stereocenters. The van der Waals surface area contributed by atoms with E-state index in [4.69, 9.17) is 17.5 Å². The minimum absolute atomic E-state index is 0.513. The summed E-state index contributed by atoms with van der Waals surface area (Å²) in [7, 11) is 0. The highest BCUT2D eigenvalue weighted by Crippen LogP contribution is 2.30. The van der Waals surface area contributed by atoms with Gasteiger partial charge in [-0.1, -0.05) is 19.3 Å². The Hall–Kier alpha value is -0.610. The van der Waals surface area contributed by atoms with Crippen molar-refractivity contribution in [3.63, 3.8) is 0 Å². The summed E-state index contributed by atoms with van der Waals surface area (Å²) in [5, 5.41) is 0.